The van der Waals surface area contributed by atoms with Crippen LogP contribution in [0, 0.1) is 5.92 Å². The molecule has 0 amide bonds. The average Bonchev–Trinajstić information content (AvgIpc) is 2.89. The van der Waals surface area contributed by atoms with Gasteiger partial charge in [-0.1, -0.05) is 49.6 Å². The van der Waals surface area contributed by atoms with Crippen LogP contribution in [0.3, 0.4) is 0 Å². The Morgan fingerprint density at radius 3 is 2.48 bits per heavy atom. The summed E-state index contributed by atoms with van der Waals surface area (Å²) >= 11 is 1.54. The molecule has 0 saturated heterocycles. The Morgan fingerprint density at radius 1 is 1.15 bits per heavy atom. The van der Waals surface area contributed by atoms with Crippen LogP contribution in [0.25, 0.3) is 0 Å². The van der Waals surface area contributed by atoms with E-state index in [1.807, 2.05) is 30.3 Å². The van der Waals surface area contributed by atoms with Gasteiger partial charge < -0.3 is 20.4 Å². The van der Waals surface area contributed by atoms with Gasteiger partial charge in [-0.05, 0) is 31.2 Å². The van der Waals surface area contributed by atoms with Crippen molar-refractivity contribution in [3.05, 3.63) is 35.9 Å². The minimum absolute atomic E-state index is 0.0353. The van der Waals surface area contributed by atoms with E-state index >= 15 is 0 Å². The molecule has 27 heavy (non-hydrogen) atoms. The minimum atomic E-state index is -0.787. The quantitative estimate of drug-likeness (QED) is 0.429. The lowest BCUT2D eigenvalue weighted by Crippen LogP contribution is -2.26. The van der Waals surface area contributed by atoms with E-state index in [1.165, 1.54) is 0 Å². The third-order valence-corrected chi connectivity index (χ3v) is 7.06. The number of unbranched alkanes of at least 4 members (excludes halogenated alkanes) is 2. The second-order valence-electron chi connectivity index (χ2n) is 7.62. The highest BCUT2D eigenvalue weighted by atomic mass is 32.2. The summed E-state index contributed by atoms with van der Waals surface area (Å²) in [7, 11) is 0. The number of hydrogen-bond donors (Lipinski definition) is 4. The number of hydrogen-bond acceptors (Lipinski definition) is 5. The fourth-order valence-electron chi connectivity index (χ4n) is 3.93. The van der Waals surface area contributed by atoms with Crippen molar-refractivity contribution in [3.8, 4) is 0 Å². The van der Waals surface area contributed by atoms with Crippen molar-refractivity contribution in [2.24, 2.45) is 5.92 Å². The molecular formula is C21H32O5S. The number of aliphatic hydroxyl groups excluding tert-OH is 3. The van der Waals surface area contributed by atoms with Gasteiger partial charge in [0, 0.05) is 17.4 Å². The molecule has 0 aliphatic heterocycles. The second kappa shape index (κ2) is 11.1. The van der Waals surface area contributed by atoms with Crippen molar-refractivity contribution >= 4 is 17.7 Å². The standard InChI is InChI=1S/C21H32O5S/c1-14(22)13-27-20-17(18(23)12-19(20)24)11-7-3-6-10-16(21(25)26)15-8-4-2-5-9-15/h2,4-5,8-9,14,16-20,22-24H,3,6-7,10-13H2,1H3,(H,25,26)/t14?,16?,17-,18?,19?,20+/m0/s1. The van der Waals surface area contributed by atoms with E-state index in [1.54, 1.807) is 18.7 Å². The van der Waals surface area contributed by atoms with Crippen LogP contribution in [0.4, 0.5) is 0 Å². The number of rotatable bonds is 11. The first-order valence-corrected chi connectivity index (χ1v) is 10.9. The van der Waals surface area contributed by atoms with E-state index in [-0.39, 0.29) is 11.2 Å². The summed E-state index contributed by atoms with van der Waals surface area (Å²) < 4.78 is 0. The topological polar surface area (TPSA) is 98.0 Å². The number of carboxylic acid groups (broad SMARTS) is 1. The van der Waals surface area contributed by atoms with Crippen LogP contribution in [0.1, 0.15) is 56.9 Å². The molecule has 1 saturated carbocycles. The summed E-state index contributed by atoms with van der Waals surface area (Å²) in [5, 5.41) is 39.3. The van der Waals surface area contributed by atoms with Gasteiger partial charge in [-0.25, -0.2) is 0 Å². The normalized spacial score (nSPS) is 27.4. The van der Waals surface area contributed by atoms with Crippen molar-refractivity contribution in [2.75, 3.05) is 5.75 Å². The summed E-state index contributed by atoms with van der Waals surface area (Å²) in [4.78, 5) is 11.5. The Labute approximate surface area is 165 Å². The molecule has 5 nitrogen and oxygen atoms in total. The summed E-state index contributed by atoms with van der Waals surface area (Å²) in [6.07, 6.45) is 3.01. The molecule has 2 rings (SSSR count). The van der Waals surface area contributed by atoms with Crippen LogP contribution in [-0.4, -0.2) is 55.7 Å². The number of carbonyl (C=O) groups is 1. The number of aliphatic hydroxyl groups is 3. The Bertz CT molecular complexity index is 565. The molecule has 0 spiro atoms. The van der Waals surface area contributed by atoms with Crippen LogP contribution in [0.15, 0.2) is 30.3 Å². The third-order valence-electron chi connectivity index (χ3n) is 5.34. The number of thioether (sulfide) groups is 1. The van der Waals surface area contributed by atoms with Crippen molar-refractivity contribution in [1.82, 2.24) is 0 Å². The minimum Gasteiger partial charge on any atom is -0.481 e. The first-order valence-electron chi connectivity index (χ1n) is 9.83. The van der Waals surface area contributed by atoms with Gasteiger partial charge in [0.15, 0.2) is 0 Å². The smallest absolute Gasteiger partial charge is 0.310 e. The highest BCUT2D eigenvalue weighted by Crippen LogP contribution is 2.39. The number of aliphatic carboxylic acids is 1. The van der Waals surface area contributed by atoms with Crippen LogP contribution >= 0.6 is 11.8 Å². The largest absolute Gasteiger partial charge is 0.481 e. The Balaban J connectivity index is 1.76. The van der Waals surface area contributed by atoms with Crippen molar-refractivity contribution < 1.29 is 25.2 Å². The van der Waals surface area contributed by atoms with Gasteiger partial charge in [-0.15, -0.1) is 0 Å². The molecule has 1 aliphatic carbocycles. The fourth-order valence-corrected chi connectivity index (χ4v) is 5.32. The van der Waals surface area contributed by atoms with E-state index in [0.717, 1.165) is 31.2 Å². The number of benzene rings is 1. The molecule has 0 bridgehead atoms. The molecule has 152 valence electrons. The molecule has 1 aliphatic rings. The van der Waals surface area contributed by atoms with Gasteiger partial charge in [-0.2, -0.15) is 11.8 Å². The van der Waals surface area contributed by atoms with Crippen LogP contribution in [-0.2, 0) is 4.79 Å². The van der Waals surface area contributed by atoms with Gasteiger partial charge in [0.2, 0.25) is 0 Å². The highest BCUT2D eigenvalue weighted by Gasteiger charge is 2.41. The van der Waals surface area contributed by atoms with E-state index in [9.17, 15) is 25.2 Å². The molecule has 1 aromatic rings. The zero-order chi connectivity index (χ0) is 19.8. The molecule has 0 aromatic heterocycles. The maximum Gasteiger partial charge on any atom is 0.310 e. The summed E-state index contributed by atoms with van der Waals surface area (Å²) in [5.74, 6) is -0.666. The lowest BCUT2D eigenvalue weighted by molar-refractivity contribution is -0.139. The zero-order valence-corrected chi connectivity index (χ0v) is 16.7. The molecule has 4 N–H and O–H groups in total. The molecule has 1 aromatic carbocycles. The average molecular weight is 397 g/mol. The molecule has 6 atom stereocenters. The first-order chi connectivity index (χ1) is 12.9. The molecule has 6 heteroatoms. The SMILES string of the molecule is CC(O)CS[C@H]1C(O)CC(O)[C@@H]1CCCCCC(C(=O)O)c1ccccc1. The molecule has 0 radical (unpaired) electrons. The van der Waals surface area contributed by atoms with E-state index < -0.39 is 30.2 Å². The predicted octanol–water partition coefficient (Wildman–Crippen LogP) is 3.03. The maximum absolute atomic E-state index is 11.5. The maximum atomic E-state index is 11.5. The van der Waals surface area contributed by atoms with Crippen LogP contribution in [0.5, 0.6) is 0 Å². The zero-order valence-electron chi connectivity index (χ0n) is 15.9. The molecule has 0 heterocycles. The van der Waals surface area contributed by atoms with Gasteiger partial charge >= 0.3 is 5.97 Å². The van der Waals surface area contributed by atoms with Gasteiger partial charge in [-0.3, -0.25) is 4.79 Å². The first kappa shape index (κ1) is 22.2. The van der Waals surface area contributed by atoms with Gasteiger partial charge in [0.25, 0.3) is 0 Å². The van der Waals surface area contributed by atoms with E-state index in [4.69, 9.17) is 0 Å². The van der Waals surface area contributed by atoms with Crippen molar-refractivity contribution in [3.63, 3.8) is 0 Å². The Kier molecular flexibility index (Phi) is 9.09. The van der Waals surface area contributed by atoms with Crippen molar-refractivity contribution in [2.45, 2.75) is 74.9 Å². The third kappa shape index (κ3) is 6.79. The monoisotopic (exact) mass is 396 g/mol. The summed E-state index contributed by atoms with van der Waals surface area (Å²) in [6, 6.07) is 9.33. The summed E-state index contributed by atoms with van der Waals surface area (Å²) in [5.41, 5.74) is 0.842. The lowest BCUT2D eigenvalue weighted by atomic mass is 9.92. The summed E-state index contributed by atoms with van der Waals surface area (Å²) in [6.45, 7) is 1.73. The second-order valence-corrected chi connectivity index (χ2v) is 8.83. The Morgan fingerprint density at radius 2 is 1.85 bits per heavy atom. The highest BCUT2D eigenvalue weighted by molar-refractivity contribution is 8.00. The molecule has 4 unspecified atom stereocenters. The molecule has 1 fully saturated rings. The van der Waals surface area contributed by atoms with Gasteiger partial charge in [0.05, 0.1) is 24.2 Å². The molecular weight excluding hydrogens is 364 g/mol. The van der Waals surface area contributed by atoms with E-state index in [2.05, 4.69) is 0 Å². The fraction of sp³-hybridized carbons (Fsp3) is 0.667. The van der Waals surface area contributed by atoms with Crippen LogP contribution in [0.2, 0.25) is 0 Å². The van der Waals surface area contributed by atoms with Crippen molar-refractivity contribution in [1.29, 1.82) is 0 Å². The Hall–Kier alpha value is -1.08. The predicted molar refractivity (Wildman–Crippen MR) is 108 cm³/mol. The lowest BCUT2D eigenvalue weighted by Gasteiger charge is -2.23. The number of carboxylic acids is 1. The van der Waals surface area contributed by atoms with E-state index in [0.29, 0.717) is 18.6 Å². The van der Waals surface area contributed by atoms with Gasteiger partial charge in [0.1, 0.15) is 0 Å². The van der Waals surface area contributed by atoms with Crippen LogP contribution < -0.4 is 0 Å².